The molecule has 3 heteroatoms. The zero-order valence-corrected chi connectivity index (χ0v) is 11.8. The number of aromatic nitrogens is 1. The molecule has 0 radical (unpaired) electrons. The quantitative estimate of drug-likeness (QED) is 0.861. The third-order valence-corrected chi connectivity index (χ3v) is 4.00. The molecule has 0 saturated carbocycles. The van der Waals surface area contributed by atoms with Crippen molar-refractivity contribution in [2.24, 2.45) is 0 Å². The van der Waals surface area contributed by atoms with Crippen LogP contribution in [0.2, 0.25) is 0 Å². The van der Waals surface area contributed by atoms with Crippen molar-refractivity contribution in [2.45, 2.75) is 26.4 Å². The summed E-state index contributed by atoms with van der Waals surface area (Å²) in [7, 11) is 0. The summed E-state index contributed by atoms with van der Waals surface area (Å²) in [6.07, 6.45) is 0. The SMILES string of the molecule is CCSCC(C)NCc1ccc2ccccc2n1. The van der Waals surface area contributed by atoms with Crippen LogP contribution in [0, 0.1) is 0 Å². The molecule has 1 heterocycles. The van der Waals surface area contributed by atoms with Gasteiger partial charge in [-0.3, -0.25) is 4.98 Å². The van der Waals surface area contributed by atoms with Crippen LogP contribution in [0.25, 0.3) is 10.9 Å². The van der Waals surface area contributed by atoms with E-state index in [0.717, 1.165) is 23.5 Å². The number of fused-ring (bicyclic) bond motifs is 1. The Kier molecular flexibility index (Phi) is 5.02. The van der Waals surface area contributed by atoms with Crippen LogP contribution in [-0.4, -0.2) is 22.5 Å². The molecule has 0 spiro atoms. The molecule has 0 aliphatic rings. The minimum Gasteiger partial charge on any atom is -0.308 e. The second kappa shape index (κ2) is 6.76. The van der Waals surface area contributed by atoms with Crippen LogP contribution < -0.4 is 5.32 Å². The van der Waals surface area contributed by atoms with E-state index in [0.29, 0.717) is 6.04 Å². The van der Waals surface area contributed by atoms with Crippen molar-refractivity contribution in [3.05, 3.63) is 42.1 Å². The molecule has 2 rings (SSSR count). The molecule has 1 aromatic heterocycles. The third kappa shape index (κ3) is 3.72. The van der Waals surface area contributed by atoms with E-state index in [-0.39, 0.29) is 0 Å². The summed E-state index contributed by atoms with van der Waals surface area (Å²) < 4.78 is 0. The normalized spacial score (nSPS) is 12.8. The van der Waals surface area contributed by atoms with Gasteiger partial charge in [0, 0.05) is 23.7 Å². The molecule has 96 valence electrons. The van der Waals surface area contributed by atoms with Crippen LogP contribution in [-0.2, 0) is 6.54 Å². The maximum atomic E-state index is 4.66. The van der Waals surface area contributed by atoms with Gasteiger partial charge >= 0.3 is 0 Å². The Morgan fingerprint density at radius 2 is 2.06 bits per heavy atom. The molecule has 0 aliphatic carbocycles. The van der Waals surface area contributed by atoms with E-state index in [9.17, 15) is 0 Å². The van der Waals surface area contributed by atoms with Crippen molar-refractivity contribution < 1.29 is 0 Å². The average Bonchev–Trinajstić information content (AvgIpc) is 2.42. The maximum Gasteiger partial charge on any atom is 0.0705 e. The van der Waals surface area contributed by atoms with Crippen molar-refractivity contribution in [2.75, 3.05) is 11.5 Å². The molecule has 0 amide bonds. The molecule has 18 heavy (non-hydrogen) atoms. The van der Waals surface area contributed by atoms with Gasteiger partial charge in [0.25, 0.3) is 0 Å². The van der Waals surface area contributed by atoms with Gasteiger partial charge in [-0.05, 0) is 24.8 Å². The minimum atomic E-state index is 0.531. The highest BCUT2D eigenvalue weighted by molar-refractivity contribution is 7.99. The molecule has 1 atom stereocenters. The molecular formula is C15H20N2S. The lowest BCUT2D eigenvalue weighted by atomic mass is 10.2. The van der Waals surface area contributed by atoms with Crippen LogP contribution >= 0.6 is 11.8 Å². The molecule has 2 aromatic rings. The molecule has 0 aliphatic heterocycles. The fraction of sp³-hybridized carbons (Fsp3) is 0.400. The first kappa shape index (κ1) is 13.4. The van der Waals surface area contributed by atoms with Gasteiger partial charge in [0.15, 0.2) is 0 Å². The first-order valence-electron chi connectivity index (χ1n) is 6.45. The van der Waals surface area contributed by atoms with E-state index >= 15 is 0 Å². The lowest BCUT2D eigenvalue weighted by Gasteiger charge is -2.12. The van der Waals surface area contributed by atoms with Crippen LogP contribution in [0.3, 0.4) is 0 Å². The molecule has 0 bridgehead atoms. The maximum absolute atomic E-state index is 4.66. The van der Waals surface area contributed by atoms with Gasteiger partial charge in [0.1, 0.15) is 0 Å². The second-order valence-electron chi connectivity index (χ2n) is 4.44. The molecular weight excluding hydrogens is 240 g/mol. The van der Waals surface area contributed by atoms with Crippen molar-refractivity contribution in [1.82, 2.24) is 10.3 Å². The number of pyridine rings is 1. The van der Waals surface area contributed by atoms with E-state index in [2.05, 4.69) is 48.4 Å². The van der Waals surface area contributed by atoms with Crippen molar-refractivity contribution in [3.63, 3.8) is 0 Å². The van der Waals surface area contributed by atoms with Gasteiger partial charge in [-0.2, -0.15) is 11.8 Å². The topological polar surface area (TPSA) is 24.9 Å². The Balaban J connectivity index is 1.95. The predicted molar refractivity (Wildman–Crippen MR) is 81.0 cm³/mol. The summed E-state index contributed by atoms with van der Waals surface area (Å²) in [6.45, 7) is 5.27. The zero-order valence-electron chi connectivity index (χ0n) is 11.0. The van der Waals surface area contributed by atoms with Crippen molar-refractivity contribution >= 4 is 22.7 Å². The van der Waals surface area contributed by atoms with Crippen LogP contribution in [0.1, 0.15) is 19.5 Å². The molecule has 1 aromatic carbocycles. The Labute approximate surface area is 113 Å². The third-order valence-electron chi connectivity index (χ3n) is 2.86. The van der Waals surface area contributed by atoms with Gasteiger partial charge in [-0.1, -0.05) is 31.2 Å². The molecule has 0 fully saturated rings. The van der Waals surface area contributed by atoms with Gasteiger partial charge in [0.2, 0.25) is 0 Å². The van der Waals surface area contributed by atoms with E-state index in [1.54, 1.807) is 0 Å². The zero-order chi connectivity index (χ0) is 12.8. The van der Waals surface area contributed by atoms with Crippen LogP contribution in [0.5, 0.6) is 0 Å². The van der Waals surface area contributed by atoms with E-state index in [1.807, 2.05) is 23.9 Å². The van der Waals surface area contributed by atoms with Gasteiger partial charge in [-0.15, -0.1) is 0 Å². The summed E-state index contributed by atoms with van der Waals surface area (Å²) in [4.78, 5) is 4.66. The Bertz CT molecular complexity index is 499. The standard InChI is InChI=1S/C15H20N2S/c1-3-18-11-12(2)16-10-14-9-8-13-6-4-5-7-15(13)17-14/h4-9,12,16H,3,10-11H2,1-2H3. The average molecular weight is 260 g/mol. The summed E-state index contributed by atoms with van der Waals surface area (Å²) in [5.41, 5.74) is 2.19. The molecule has 2 nitrogen and oxygen atoms in total. The van der Waals surface area contributed by atoms with Crippen LogP contribution in [0.15, 0.2) is 36.4 Å². The largest absolute Gasteiger partial charge is 0.308 e. The first-order valence-corrected chi connectivity index (χ1v) is 7.61. The molecule has 1 unspecified atom stereocenters. The monoisotopic (exact) mass is 260 g/mol. The lowest BCUT2D eigenvalue weighted by molar-refractivity contribution is 0.589. The predicted octanol–water partition coefficient (Wildman–Crippen LogP) is 3.47. The second-order valence-corrected chi connectivity index (χ2v) is 5.76. The number of hydrogen-bond acceptors (Lipinski definition) is 3. The number of nitrogens with one attached hydrogen (secondary N) is 1. The fourth-order valence-electron chi connectivity index (χ4n) is 1.84. The van der Waals surface area contributed by atoms with E-state index < -0.39 is 0 Å². The fourth-order valence-corrected chi connectivity index (χ4v) is 2.55. The summed E-state index contributed by atoms with van der Waals surface area (Å²) in [5.74, 6) is 2.34. The van der Waals surface area contributed by atoms with Crippen LogP contribution in [0.4, 0.5) is 0 Å². The van der Waals surface area contributed by atoms with E-state index in [4.69, 9.17) is 0 Å². The highest BCUT2D eigenvalue weighted by Crippen LogP contribution is 2.11. The highest BCUT2D eigenvalue weighted by Gasteiger charge is 2.02. The smallest absolute Gasteiger partial charge is 0.0705 e. The number of rotatable bonds is 6. The molecule has 0 saturated heterocycles. The highest BCUT2D eigenvalue weighted by atomic mass is 32.2. The Morgan fingerprint density at radius 1 is 1.22 bits per heavy atom. The number of nitrogens with zero attached hydrogens (tertiary/aromatic N) is 1. The Hall–Kier alpha value is -1.06. The summed E-state index contributed by atoms with van der Waals surface area (Å²) >= 11 is 1.97. The van der Waals surface area contributed by atoms with Gasteiger partial charge in [0.05, 0.1) is 11.2 Å². The number of thioether (sulfide) groups is 1. The Morgan fingerprint density at radius 3 is 2.89 bits per heavy atom. The lowest BCUT2D eigenvalue weighted by Crippen LogP contribution is -2.28. The number of hydrogen-bond donors (Lipinski definition) is 1. The number of benzene rings is 1. The van der Waals surface area contributed by atoms with Gasteiger partial charge in [-0.25, -0.2) is 0 Å². The molecule has 1 N–H and O–H groups in total. The van der Waals surface area contributed by atoms with E-state index in [1.165, 1.54) is 11.1 Å². The minimum absolute atomic E-state index is 0.531. The number of para-hydroxylation sites is 1. The summed E-state index contributed by atoms with van der Waals surface area (Å²) in [5, 5.41) is 4.72. The summed E-state index contributed by atoms with van der Waals surface area (Å²) in [6, 6.07) is 13.0. The van der Waals surface area contributed by atoms with Crippen molar-refractivity contribution in [3.8, 4) is 0 Å². The first-order chi connectivity index (χ1) is 8.79. The van der Waals surface area contributed by atoms with Gasteiger partial charge < -0.3 is 5.32 Å². The van der Waals surface area contributed by atoms with Crippen molar-refractivity contribution in [1.29, 1.82) is 0 Å².